The minimum absolute atomic E-state index is 0.0604. The Labute approximate surface area is 157 Å². The third-order valence-electron chi connectivity index (χ3n) is 4.39. The summed E-state index contributed by atoms with van der Waals surface area (Å²) in [5, 5.41) is 15.2. The third-order valence-corrected chi connectivity index (χ3v) is 5.46. The van der Waals surface area contributed by atoms with E-state index in [0.29, 0.717) is 17.6 Å². The van der Waals surface area contributed by atoms with Crippen molar-refractivity contribution in [3.63, 3.8) is 0 Å². The van der Waals surface area contributed by atoms with E-state index >= 15 is 0 Å². The zero-order chi connectivity index (χ0) is 18.5. The maximum absolute atomic E-state index is 12.6. The Hall–Kier alpha value is -1.93. The quantitative estimate of drug-likeness (QED) is 0.749. The summed E-state index contributed by atoms with van der Waals surface area (Å²) in [6.45, 7) is 7.51. The van der Waals surface area contributed by atoms with Gasteiger partial charge in [0.15, 0.2) is 0 Å². The van der Waals surface area contributed by atoms with E-state index in [-0.39, 0.29) is 17.3 Å². The Kier molecular flexibility index (Phi) is 6.26. The molecule has 7 nitrogen and oxygen atoms in total. The summed E-state index contributed by atoms with van der Waals surface area (Å²) in [6.07, 6.45) is 2.25. The van der Waals surface area contributed by atoms with Crippen LogP contribution in [0.5, 0.6) is 0 Å². The van der Waals surface area contributed by atoms with Crippen LogP contribution in [0.15, 0.2) is 29.4 Å². The number of hydrogen-bond donors (Lipinski definition) is 1. The van der Waals surface area contributed by atoms with Gasteiger partial charge in [-0.05, 0) is 47.7 Å². The highest BCUT2D eigenvalue weighted by molar-refractivity contribution is 8.00. The number of ether oxygens (including phenoxy) is 1. The Morgan fingerprint density at radius 3 is 2.92 bits per heavy atom. The zero-order valence-electron chi connectivity index (χ0n) is 15.4. The zero-order valence-corrected chi connectivity index (χ0v) is 16.2. The fourth-order valence-electron chi connectivity index (χ4n) is 2.94. The molecule has 1 fully saturated rings. The first-order chi connectivity index (χ1) is 12.5. The summed E-state index contributed by atoms with van der Waals surface area (Å²) in [4.78, 5) is 12.6. The standard InChI is InChI=1S/C18H25N5O2S/c1-12(2)15-8-4-5-9-16(15)19-17(24)13(3)26-18-20-21-22-23(18)11-14-7-6-10-25-14/h4-5,8-9,12-14H,6-7,10-11H2,1-3H3,(H,19,24). The Morgan fingerprint density at radius 2 is 2.19 bits per heavy atom. The molecule has 3 rings (SSSR count). The second-order valence-electron chi connectivity index (χ2n) is 6.77. The number of rotatable bonds is 7. The number of carbonyl (C=O) groups excluding carboxylic acids is 1. The van der Waals surface area contributed by atoms with Gasteiger partial charge in [-0.15, -0.1) is 5.10 Å². The van der Waals surface area contributed by atoms with Gasteiger partial charge in [-0.2, -0.15) is 0 Å². The smallest absolute Gasteiger partial charge is 0.237 e. The van der Waals surface area contributed by atoms with Gasteiger partial charge in [-0.3, -0.25) is 4.79 Å². The minimum Gasteiger partial charge on any atom is -0.376 e. The molecule has 8 heteroatoms. The summed E-state index contributed by atoms with van der Waals surface area (Å²) >= 11 is 1.36. The number of anilines is 1. The summed E-state index contributed by atoms with van der Waals surface area (Å²) in [6, 6.07) is 7.90. The molecule has 2 heterocycles. The summed E-state index contributed by atoms with van der Waals surface area (Å²) < 4.78 is 7.37. The number of benzene rings is 1. The van der Waals surface area contributed by atoms with Crippen LogP contribution in [0.3, 0.4) is 0 Å². The number of nitrogens with zero attached hydrogens (tertiary/aromatic N) is 4. The molecule has 2 unspecified atom stereocenters. The number of carbonyl (C=O) groups is 1. The first-order valence-corrected chi connectivity index (χ1v) is 9.86. The number of aromatic nitrogens is 4. The topological polar surface area (TPSA) is 81.9 Å². The fraction of sp³-hybridized carbons (Fsp3) is 0.556. The number of thioether (sulfide) groups is 1. The Bertz CT molecular complexity index is 743. The van der Waals surface area contributed by atoms with E-state index in [2.05, 4.69) is 34.7 Å². The van der Waals surface area contributed by atoms with Crippen molar-refractivity contribution in [2.24, 2.45) is 0 Å². The van der Waals surface area contributed by atoms with E-state index < -0.39 is 0 Å². The molecular formula is C18H25N5O2S. The number of nitrogens with one attached hydrogen (secondary N) is 1. The minimum atomic E-state index is -0.315. The van der Waals surface area contributed by atoms with Crippen LogP contribution in [-0.4, -0.2) is 44.1 Å². The van der Waals surface area contributed by atoms with Gasteiger partial charge >= 0.3 is 0 Å². The lowest BCUT2D eigenvalue weighted by Gasteiger charge is -2.16. The molecule has 0 aliphatic carbocycles. The molecular weight excluding hydrogens is 350 g/mol. The van der Waals surface area contributed by atoms with Crippen molar-refractivity contribution in [1.29, 1.82) is 0 Å². The van der Waals surface area contributed by atoms with E-state index in [4.69, 9.17) is 4.74 Å². The largest absolute Gasteiger partial charge is 0.376 e. The molecule has 140 valence electrons. The van der Waals surface area contributed by atoms with Crippen LogP contribution < -0.4 is 5.32 Å². The second kappa shape index (κ2) is 8.64. The van der Waals surface area contributed by atoms with Crippen molar-refractivity contribution in [2.75, 3.05) is 11.9 Å². The third kappa shape index (κ3) is 4.62. The van der Waals surface area contributed by atoms with E-state index in [1.807, 2.05) is 31.2 Å². The second-order valence-corrected chi connectivity index (χ2v) is 8.08. The summed E-state index contributed by atoms with van der Waals surface area (Å²) in [5.74, 6) is 0.280. The fourth-order valence-corrected chi connectivity index (χ4v) is 3.74. The molecule has 1 aliphatic rings. The van der Waals surface area contributed by atoms with Crippen LogP contribution in [0.25, 0.3) is 0 Å². The average molecular weight is 375 g/mol. The SMILES string of the molecule is CC(Sc1nnnn1CC1CCCO1)C(=O)Nc1ccccc1C(C)C. The maximum Gasteiger partial charge on any atom is 0.237 e. The lowest BCUT2D eigenvalue weighted by atomic mass is 10.0. The molecule has 1 aromatic carbocycles. The molecule has 0 spiro atoms. The molecule has 1 aromatic heterocycles. The Balaban J connectivity index is 1.62. The van der Waals surface area contributed by atoms with Gasteiger partial charge in [0.05, 0.1) is 17.9 Å². The monoisotopic (exact) mass is 375 g/mol. The summed E-state index contributed by atoms with van der Waals surface area (Å²) in [7, 11) is 0. The van der Waals surface area contributed by atoms with Gasteiger partial charge in [0.25, 0.3) is 0 Å². The number of para-hydroxylation sites is 1. The van der Waals surface area contributed by atoms with Crippen LogP contribution in [0.4, 0.5) is 5.69 Å². The van der Waals surface area contributed by atoms with Gasteiger partial charge in [0.1, 0.15) is 0 Å². The van der Waals surface area contributed by atoms with Gasteiger partial charge in [-0.25, -0.2) is 4.68 Å². The molecule has 0 bridgehead atoms. The van der Waals surface area contributed by atoms with Crippen LogP contribution in [0, 0.1) is 0 Å². The predicted molar refractivity (Wildman–Crippen MR) is 101 cm³/mol. The molecule has 2 atom stereocenters. The molecule has 26 heavy (non-hydrogen) atoms. The molecule has 2 aromatic rings. The van der Waals surface area contributed by atoms with Gasteiger partial charge in [0.2, 0.25) is 11.1 Å². The van der Waals surface area contributed by atoms with E-state index in [9.17, 15) is 4.79 Å². The van der Waals surface area contributed by atoms with Gasteiger partial charge < -0.3 is 10.1 Å². The van der Waals surface area contributed by atoms with E-state index in [0.717, 1.165) is 30.7 Å². The lowest BCUT2D eigenvalue weighted by molar-refractivity contribution is -0.115. The normalized spacial score (nSPS) is 18.2. The van der Waals surface area contributed by atoms with Gasteiger partial charge in [-0.1, -0.05) is 43.8 Å². The number of amides is 1. The molecule has 1 saturated heterocycles. The molecule has 1 N–H and O–H groups in total. The first-order valence-electron chi connectivity index (χ1n) is 8.99. The van der Waals surface area contributed by atoms with E-state index in [1.54, 1.807) is 4.68 Å². The van der Waals surface area contributed by atoms with E-state index in [1.165, 1.54) is 11.8 Å². The highest BCUT2D eigenvalue weighted by Gasteiger charge is 2.22. The van der Waals surface area contributed by atoms with Crippen LogP contribution >= 0.6 is 11.8 Å². The van der Waals surface area contributed by atoms with Gasteiger partial charge in [0, 0.05) is 12.3 Å². The van der Waals surface area contributed by atoms with Crippen LogP contribution in [0.2, 0.25) is 0 Å². The number of tetrazole rings is 1. The highest BCUT2D eigenvalue weighted by Crippen LogP contribution is 2.26. The number of hydrogen-bond acceptors (Lipinski definition) is 6. The predicted octanol–water partition coefficient (Wildman–Crippen LogP) is 3.09. The maximum atomic E-state index is 12.6. The van der Waals surface area contributed by atoms with Crippen molar-refractivity contribution < 1.29 is 9.53 Å². The average Bonchev–Trinajstić information content (AvgIpc) is 3.28. The molecule has 0 radical (unpaired) electrons. The van der Waals surface area contributed by atoms with Crippen LogP contribution in [-0.2, 0) is 16.1 Å². The highest BCUT2D eigenvalue weighted by atomic mass is 32.2. The first kappa shape index (κ1) is 18.8. The van der Waals surface area contributed by atoms with Crippen LogP contribution in [0.1, 0.15) is 45.1 Å². The van der Waals surface area contributed by atoms with Crippen molar-refractivity contribution in [3.05, 3.63) is 29.8 Å². The van der Waals surface area contributed by atoms with Crippen molar-refractivity contribution >= 4 is 23.4 Å². The summed E-state index contributed by atoms with van der Waals surface area (Å²) in [5.41, 5.74) is 1.99. The van der Waals surface area contributed by atoms with Crippen molar-refractivity contribution in [3.8, 4) is 0 Å². The van der Waals surface area contributed by atoms with Crippen molar-refractivity contribution in [1.82, 2.24) is 20.2 Å². The molecule has 1 aliphatic heterocycles. The lowest BCUT2D eigenvalue weighted by Crippen LogP contribution is -2.24. The molecule has 0 saturated carbocycles. The Morgan fingerprint density at radius 1 is 1.38 bits per heavy atom. The van der Waals surface area contributed by atoms with Crippen molar-refractivity contribution in [2.45, 2.75) is 62.6 Å². The molecule has 1 amide bonds.